The number of terminal acetylenes is 1. The Morgan fingerprint density at radius 1 is 0.927 bits per heavy atom. The minimum atomic E-state index is -0.136. The largest absolute Gasteiger partial charge is 0.372 e. The van der Waals surface area contributed by atoms with Crippen molar-refractivity contribution in [3.05, 3.63) is 54.5 Å². The molecule has 8 heteroatoms. The minimum Gasteiger partial charge on any atom is -0.372 e. The minimum absolute atomic E-state index is 0.136. The van der Waals surface area contributed by atoms with Crippen molar-refractivity contribution in [2.45, 2.75) is 144 Å². The van der Waals surface area contributed by atoms with Crippen LogP contribution in [0.2, 0.25) is 0 Å². The van der Waals surface area contributed by atoms with Crippen LogP contribution in [0.15, 0.2) is 43.2 Å². The average Bonchev–Trinajstić information content (AvgIpc) is 3.51. The molecule has 2 atom stereocenters. The molecule has 4 N–H and O–H groups in total. The average molecular weight is 753 g/mol. The first-order chi connectivity index (χ1) is 26.7. The van der Waals surface area contributed by atoms with Gasteiger partial charge in [0.25, 0.3) is 0 Å². The summed E-state index contributed by atoms with van der Waals surface area (Å²) in [5, 5.41) is 1.42. The lowest BCUT2D eigenvalue weighted by Crippen LogP contribution is -2.54. The fourth-order valence-electron chi connectivity index (χ4n) is 9.18. The number of hydrazine groups is 1. The predicted molar refractivity (Wildman–Crippen MR) is 239 cm³/mol. The van der Waals surface area contributed by atoms with Gasteiger partial charge in [-0.2, -0.15) is 0 Å². The summed E-state index contributed by atoms with van der Waals surface area (Å²) in [7, 11) is 0. The smallest absolute Gasteiger partial charge is 0.0663 e. The highest BCUT2D eigenvalue weighted by molar-refractivity contribution is 5.95. The van der Waals surface area contributed by atoms with Crippen LogP contribution in [0.1, 0.15) is 136 Å². The number of piperidine rings is 2. The lowest BCUT2D eigenvalue weighted by Gasteiger charge is -2.45. The second-order valence-electron chi connectivity index (χ2n) is 16.8. The number of rotatable bonds is 16. The summed E-state index contributed by atoms with van der Waals surface area (Å²) < 4.78 is 2.57. The van der Waals surface area contributed by atoms with Crippen molar-refractivity contribution in [3.63, 3.8) is 0 Å². The third-order valence-corrected chi connectivity index (χ3v) is 11.9. The molecule has 0 spiro atoms. The third kappa shape index (κ3) is 11.8. The van der Waals surface area contributed by atoms with E-state index in [2.05, 4.69) is 122 Å². The van der Waals surface area contributed by atoms with Gasteiger partial charge in [0.15, 0.2) is 0 Å². The van der Waals surface area contributed by atoms with E-state index in [9.17, 15) is 0 Å². The molecule has 0 radical (unpaired) electrons. The first-order valence-electron chi connectivity index (χ1n) is 21.8. The first-order valence-corrected chi connectivity index (χ1v) is 21.8. The van der Waals surface area contributed by atoms with E-state index in [4.69, 9.17) is 10.7 Å². The molecule has 0 amide bonds. The van der Waals surface area contributed by atoms with E-state index >= 15 is 0 Å². The Morgan fingerprint density at radius 2 is 1.69 bits per heavy atom. The van der Waals surface area contributed by atoms with Crippen LogP contribution in [0.5, 0.6) is 0 Å². The molecule has 3 aliphatic heterocycles. The van der Waals surface area contributed by atoms with Gasteiger partial charge in [-0.25, -0.2) is 5.43 Å². The van der Waals surface area contributed by atoms with Gasteiger partial charge in [-0.3, -0.25) is 9.88 Å². The van der Waals surface area contributed by atoms with Crippen molar-refractivity contribution in [1.82, 2.24) is 25.3 Å². The molecule has 5 heterocycles. The monoisotopic (exact) mass is 753 g/mol. The fraction of sp³-hybridized carbons (Fsp3) is 0.638. The lowest BCUT2D eigenvalue weighted by molar-refractivity contribution is 0.133. The third-order valence-electron chi connectivity index (χ3n) is 11.9. The number of aryl methyl sites for hydroxylation is 1. The van der Waals surface area contributed by atoms with E-state index in [0.717, 1.165) is 44.8 Å². The standard InChI is InChI=1S/C37H56N6.C8H18N2.C2H2/c1-6-16-37(4,5)24-33-31-22-28(40-17-10-8-11-18-40)14-15-34(31)43(7-2)36(33)32-23-30(25-39-35(32)27(3)38)42-21-20-41-19-12-9-13-29(41)26-42;1-3-5-6-7-8-10-9-4-2;1-2/h14-15,22-23,25,27,29H,6-13,16-21,24,26,38H2,1-5H3;4,9-10H,2-3,5-8H2,1H3;1-2H. The van der Waals surface area contributed by atoms with Crippen LogP contribution < -0.4 is 26.4 Å². The number of piperazine rings is 1. The highest BCUT2D eigenvalue weighted by Crippen LogP contribution is 2.43. The number of nitrogens with two attached hydrogens (primary N) is 1. The van der Waals surface area contributed by atoms with Gasteiger partial charge in [0, 0.05) is 86.3 Å². The van der Waals surface area contributed by atoms with Crippen LogP contribution in [0, 0.1) is 18.3 Å². The highest BCUT2D eigenvalue weighted by Gasteiger charge is 2.31. The molecule has 55 heavy (non-hydrogen) atoms. The maximum Gasteiger partial charge on any atom is 0.0663 e. The van der Waals surface area contributed by atoms with E-state index in [0.29, 0.717) is 6.04 Å². The van der Waals surface area contributed by atoms with Crippen LogP contribution in [0.4, 0.5) is 11.4 Å². The van der Waals surface area contributed by atoms with Crippen molar-refractivity contribution < 1.29 is 0 Å². The van der Waals surface area contributed by atoms with E-state index in [1.54, 1.807) is 6.20 Å². The molecule has 1 aromatic carbocycles. The van der Waals surface area contributed by atoms with Crippen molar-refractivity contribution in [1.29, 1.82) is 0 Å². The van der Waals surface area contributed by atoms with Crippen LogP contribution in [-0.2, 0) is 13.0 Å². The van der Waals surface area contributed by atoms with Gasteiger partial charge in [-0.1, -0.05) is 66.4 Å². The van der Waals surface area contributed by atoms with E-state index in [-0.39, 0.29) is 11.5 Å². The number of pyridine rings is 1. The fourth-order valence-corrected chi connectivity index (χ4v) is 9.18. The highest BCUT2D eigenvalue weighted by atomic mass is 15.3. The number of hydrogen-bond donors (Lipinski definition) is 3. The SMILES string of the molecule is C#C.C=CNNCCCCCC.CCCC(C)(C)Cc1c(-c2cc(N3CCN4CCCCC4C3)cnc2C(C)N)n(CC)c2ccc(N3CCCCC3)cc12. The summed E-state index contributed by atoms with van der Waals surface area (Å²) >= 11 is 0. The zero-order chi connectivity index (χ0) is 39.8. The lowest BCUT2D eigenvalue weighted by atomic mass is 9.80. The Kier molecular flexibility index (Phi) is 17.9. The second kappa shape index (κ2) is 22.3. The summed E-state index contributed by atoms with van der Waals surface area (Å²) in [6.45, 7) is 26.2. The summed E-state index contributed by atoms with van der Waals surface area (Å²) in [6, 6.07) is 10.3. The molecule has 8 nitrogen and oxygen atoms in total. The zero-order valence-electron chi connectivity index (χ0n) is 35.6. The first kappa shape index (κ1) is 44.2. The maximum absolute atomic E-state index is 6.70. The van der Waals surface area contributed by atoms with Crippen LogP contribution in [0.3, 0.4) is 0 Å². The van der Waals surface area contributed by atoms with Gasteiger partial charge in [-0.05, 0) is 107 Å². The number of anilines is 2. The van der Waals surface area contributed by atoms with Crippen molar-refractivity contribution in [2.24, 2.45) is 11.1 Å². The van der Waals surface area contributed by atoms with Crippen molar-refractivity contribution in [2.75, 3.05) is 55.6 Å². The van der Waals surface area contributed by atoms with Gasteiger partial charge in [-0.15, -0.1) is 12.8 Å². The Balaban J connectivity index is 0.000000489. The van der Waals surface area contributed by atoms with Crippen molar-refractivity contribution in [3.8, 4) is 24.1 Å². The van der Waals surface area contributed by atoms with Gasteiger partial charge in [0.1, 0.15) is 0 Å². The maximum atomic E-state index is 6.70. The van der Waals surface area contributed by atoms with Gasteiger partial charge in [0.2, 0.25) is 0 Å². The summed E-state index contributed by atoms with van der Waals surface area (Å²) in [5.41, 5.74) is 21.8. The molecule has 3 saturated heterocycles. The Bertz CT molecular complexity index is 1610. The van der Waals surface area contributed by atoms with Crippen molar-refractivity contribution >= 4 is 22.3 Å². The quantitative estimate of drug-likeness (QED) is 0.0764. The molecule has 3 fully saturated rings. The molecule has 3 aromatic rings. The molecule has 0 bridgehead atoms. The molecular weight excluding hydrogens is 677 g/mol. The van der Waals surface area contributed by atoms with E-state index in [1.807, 2.05) is 0 Å². The van der Waals surface area contributed by atoms with Gasteiger partial charge in [0.05, 0.1) is 23.3 Å². The van der Waals surface area contributed by atoms with Gasteiger partial charge < -0.3 is 25.5 Å². The number of nitrogens with one attached hydrogen (secondary N) is 2. The molecular formula is C47H76N8. The topological polar surface area (TPSA) is 77.6 Å². The number of aromatic nitrogens is 2. The van der Waals surface area contributed by atoms with E-state index in [1.165, 1.54) is 136 Å². The molecule has 3 aliphatic rings. The molecule has 2 unspecified atom stereocenters. The number of benzene rings is 1. The Morgan fingerprint density at radius 3 is 2.38 bits per heavy atom. The van der Waals surface area contributed by atoms with Gasteiger partial charge >= 0.3 is 0 Å². The van der Waals surface area contributed by atoms with Crippen LogP contribution in [0.25, 0.3) is 22.2 Å². The molecule has 0 saturated carbocycles. The zero-order valence-corrected chi connectivity index (χ0v) is 35.6. The van der Waals surface area contributed by atoms with E-state index < -0.39 is 0 Å². The Labute approximate surface area is 335 Å². The number of fused-ring (bicyclic) bond motifs is 2. The summed E-state index contributed by atoms with van der Waals surface area (Å²) in [6.07, 6.45) is 28.4. The number of nitrogens with zero attached hydrogens (tertiary/aromatic N) is 5. The number of hydrogen-bond acceptors (Lipinski definition) is 7. The molecule has 304 valence electrons. The normalized spacial score (nSPS) is 18.1. The molecule has 6 rings (SSSR count). The molecule has 2 aromatic heterocycles. The predicted octanol–water partition coefficient (Wildman–Crippen LogP) is 9.83. The summed E-state index contributed by atoms with van der Waals surface area (Å²) in [4.78, 5) is 13.1. The van der Waals surface area contributed by atoms with Crippen LogP contribution >= 0.6 is 0 Å². The second-order valence-corrected chi connectivity index (χ2v) is 16.8. The number of unbranched alkanes of at least 4 members (excludes halogenated alkanes) is 3. The molecule has 0 aliphatic carbocycles. The van der Waals surface area contributed by atoms with Crippen LogP contribution in [-0.4, -0.2) is 66.3 Å². The Hall–Kier alpha value is -3.51. The summed E-state index contributed by atoms with van der Waals surface area (Å²) in [5.74, 6) is 0.